The number of rotatable bonds is 7. The van der Waals surface area contributed by atoms with Gasteiger partial charge in [-0.25, -0.2) is 4.79 Å². The van der Waals surface area contributed by atoms with Crippen LogP contribution in [0.5, 0.6) is 0 Å². The van der Waals surface area contributed by atoms with Crippen LogP contribution in [-0.2, 0) is 9.30 Å². The van der Waals surface area contributed by atoms with Crippen LogP contribution >= 0.6 is 19.4 Å². The van der Waals surface area contributed by atoms with Crippen molar-refractivity contribution in [2.45, 2.75) is 61.1 Å². The fraction of sp³-hybridized carbons (Fsp3) is 0.588. The van der Waals surface area contributed by atoms with E-state index in [1.807, 2.05) is 13.8 Å². The van der Waals surface area contributed by atoms with E-state index in [9.17, 15) is 24.7 Å². The normalized spacial score (nSPS) is 27.7. The number of hydrogen-bond donors (Lipinski definition) is 7. The van der Waals surface area contributed by atoms with Crippen molar-refractivity contribution in [3.8, 4) is 0 Å². The average Bonchev–Trinajstić information content (AvgIpc) is 2.61. The van der Waals surface area contributed by atoms with Crippen molar-refractivity contribution < 1.29 is 39.2 Å². The highest BCUT2D eigenvalue weighted by atomic mass is 32.2. The Morgan fingerprint density at radius 2 is 1.76 bits per heavy atom. The number of hydrogen-bond acceptors (Lipinski definition) is 7. The standard InChI is InChI=1S/C17H27N2O8PS/c1-9(2)18-17(23)19-10-3-5-11(6-4-10)29-16-15(22)14(21)13(20)12(27-16)7-8-28(24,25)26/h3-6,9,12-16,20-22H,7-8H2,1-2H3,(H2,18,19,23)(H2,24,25,26)/t12-,13-,14+,15+,16-/m1/s1. The molecule has 1 saturated heterocycles. The first-order chi connectivity index (χ1) is 13.5. The van der Waals surface area contributed by atoms with Crippen molar-refractivity contribution in [1.82, 2.24) is 5.32 Å². The first kappa shape index (κ1) is 24.1. The largest absolute Gasteiger partial charge is 0.388 e. The molecule has 2 rings (SSSR count). The molecule has 1 fully saturated rings. The maximum atomic E-state index is 11.7. The summed E-state index contributed by atoms with van der Waals surface area (Å²) in [7, 11) is -4.29. The Balaban J connectivity index is 1.99. The second kappa shape index (κ2) is 10.2. The lowest BCUT2D eigenvalue weighted by Crippen LogP contribution is -2.56. The van der Waals surface area contributed by atoms with Gasteiger partial charge in [-0.05, 0) is 44.5 Å². The molecule has 0 radical (unpaired) electrons. The summed E-state index contributed by atoms with van der Waals surface area (Å²) in [5.74, 6) is 0. The molecule has 1 aromatic carbocycles. The molecule has 164 valence electrons. The van der Waals surface area contributed by atoms with Crippen molar-refractivity contribution in [3.05, 3.63) is 24.3 Å². The van der Waals surface area contributed by atoms with E-state index in [0.717, 1.165) is 11.8 Å². The molecule has 0 bridgehead atoms. The van der Waals surface area contributed by atoms with Gasteiger partial charge in [-0.2, -0.15) is 0 Å². The Morgan fingerprint density at radius 3 is 2.31 bits per heavy atom. The third kappa shape index (κ3) is 7.54. The molecule has 0 saturated carbocycles. The number of carbonyl (C=O) groups excluding carboxylic acids is 1. The summed E-state index contributed by atoms with van der Waals surface area (Å²) in [6.07, 6.45) is -6.06. The van der Waals surface area contributed by atoms with E-state index in [0.29, 0.717) is 10.6 Å². The number of thioether (sulfide) groups is 1. The molecular weight excluding hydrogens is 423 g/mol. The van der Waals surface area contributed by atoms with Crippen molar-refractivity contribution >= 4 is 31.1 Å². The van der Waals surface area contributed by atoms with Crippen LogP contribution < -0.4 is 10.6 Å². The minimum atomic E-state index is -4.29. The molecule has 0 aliphatic carbocycles. The Hall–Kier alpha value is -1.17. The van der Waals surface area contributed by atoms with Gasteiger partial charge in [-0.3, -0.25) is 4.57 Å². The zero-order chi connectivity index (χ0) is 21.8. The van der Waals surface area contributed by atoms with Crippen molar-refractivity contribution in [2.75, 3.05) is 11.5 Å². The maximum Gasteiger partial charge on any atom is 0.325 e. The third-order valence-electron chi connectivity index (χ3n) is 4.16. The van der Waals surface area contributed by atoms with Gasteiger partial charge < -0.3 is 40.5 Å². The van der Waals surface area contributed by atoms with Crippen LogP contribution in [0.25, 0.3) is 0 Å². The molecule has 1 aromatic rings. The predicted molar refractivity (Wildman–Crippen MR) is 108 cm³/mol. The van der Waals surface area contributed by atoms with Gasteiger partial charge in [0.2, 0.25) is 0 Å². The topological polar surface area (TPSA) is 169 Å². The second-order valence-electron chi connectivity index (χ2n) is 7.09. The molecule has 1 aliphatic rings. The highest BCUT2D eigenvalue weighted by Gasteiger charge is 2.44. The molecule has 5 atom stereocenters. The second-order valence-corrected chi connectivity index (χ2v) is 10.0. The van der Waals surface area contributed by atoms with Crippen LogP contribution in [0.1, 0.15) is 20.3 Å². The monoisotopic (exact) mass is 450 g/mol. The molecule has 29 heavy (non-hydrogen) atoms. The first-order valence-electron chi connectivity index (χ1n) is 9.05. The zero-order valence-electron chi connectivity index (χ0n) is 16.0. The number of ether oxygens (including phenoxy) is 1. The van der Waals surface area contributed by atoms with Gasteiger partial charge in [-0.1, -0.05) is 11.8 Å². The predicted octanol–water partition coefficient (Wildman–Crippen LogP) is 0.684. The molecule has 2 amide bonds. The van der Waals surface area contributed by atoms with E-state index in [-0.39, 0.29) is 18.5 Å². The van der Waals surface area contributed by atoms with Gasteiger partial charge in [0.15, 0.2) is 0 Å². The van der Waals surface area contributed by atoms with E-state index >= 15 is 0 Å². The molecule has 12 heteroatoms. The Labute approximate surface area is 172 Å². The van der Waals surface area contributed by atoms with Crippen LogP contribution in [0.3, 0.4) is 0 Å². The number of benzene rings is 1. The van der Waals surface area contributed by atoms with Crippen molar-refractivity contribution in [2.24, 2.45) is 0 Å². The fourth-order valence-electron chi connectivity index (χ4n) is 2.73. The summed E-state index contributed by atoms with van der Waals surface area (Å²) in [6, 6.07) is 6.36. The van der Waals surface area contributed by atoms with Gasteiger partial charge in [0.1, 0.15) is 23.7 Å². The van der Waals surface area contributed by atoms with Crippen LogP contribution in [0.15, 0.2) is 29.2 Å². The summed E-state index contributed by atoms with van der Waals surface area (Å²) in [5.41, 5.74) is -0.384. The summed E-state index contributed by atoms with van der Waals surface area (Å²) in [5, 5.41) is 35.7. The van der Waals surface area contributed by atoms with Gasteiger partial charge in [0.05, 0.1) is 12.3 Å². The van der Waals surface area contributed by atoms with Crippen molar-refractivity contribution in [1.29, 1.82) is 0 Å². The molecular formula is C17H27N2O8PS. The lowest BCUT2D eigenvalue weighted by molar-refractivity contribution is -0.197. The minimum absolute atomic E-state index is 0.00457. The number of aliphatic hydroxyl groups is 3. The number of carbonyl (C=O) groups is 1. The number of anilines is 1. The highest BCUT2D eigenvalue weighted by Crippen LogP contribution is 2.39. The molecule has 0 unspecified atom stereocenters. The van der Waals surface area contributed by atoms with Crippen LogP contribution in [0.4, 0.5) is 10.5 Å². The summed E-state index contributed by atoms with van der Waals surface area (Å²) in [6.45, 7) is 3.68. The zero-order valence-corrected chi connectivity index (χ0v) is 17.7. The number of aliphatic hydroxyl groups excluding tert-OH is 3. The SMILES string of the molecule is CC(C)NC(=O)Nc1ccc(S[C@H]2O[C@H](CCP(=O)(O)O)[C@@H](O)[C@H](O)[C@@H]2O)cc1. The van der Waals surface area contributed by atoms with Crippen LogP contribution in [0.2, 0.25) is 0 Å². The first-order valence-corrected chi connectivity index (χ1v) is 11.7. The number of urea groups is 1. The lowest BCUT2D eigenvalue weighted by Gasteiger charge is -2.40. The van der Waals surface area contributed by atoms with E-state index in [4.69, 9.17) is 14.5 Å². The summed E-state index contributed by atoms with van der Waals surface area (Å²) < 4.78 is 16.7. The number of amides is 2. The Bertz CT molecular complexity index is 729. The molecule has 1 heterocycles. The van der Waals surface area contributed by atoms with Crippen LogP contribution in [-0.4, -0.2) is 73.2 Å². The van der Waals surface area contributed by atoms with Gasteiger partial charge in [0.25, 0.3) is 0 Å². The average molecular weight is 450 g/mol. The lowest BCUT2D eigenvalue weighted by atomic mass is 9.98. The smallest absolute Gasteiger partial charge is 0.325 e. The van der Waals surface area contributed by atoms with Gasteiger partial charge >= 0.3 is 13.6 Å². The quantitative estimate of drug-likeness (QED) is 0.295. The molecule has 7 N–H and O–H groups in total. The van der Waals surface area contributed by atoms with Crippen molar-refractivity contribution in [3.63, 3.8) is 0 Å². The molecule has 0 aromatic heterocycles. The van der Waals surface area contributed by atoms with E-state index in [2.05, 4.69) is 10.6 Å². The molecule has 1 aliphatic heterocycles. The van der Waals surface area contributed by atoms with Gasteiger partial charge in [0, 0.05) is 16.6 Å². The van der Waals surface area contributed by atoms with Gasteiger partial charge in [-0.15, -0.1) is 0 Å². The highest BCUT2D eigenvalue weighted by molar-refractivity contribution is 7.99. The van der Waals surface area contributed by atoms with E-state index in [1.54, 1.807) is 24.3 Å². The summed E-state index contributed by atoms with van der Waals surface area (Å²) in [4.78, 5) is 30.4. The van der Waals surface area contributed by atoms with Crippen LogP contribution in [0, 0.1) is 0 Å². The summed E-state index contributed by atoms with van der Waals surface area (Å²) >= 11 is 1.09. The number of nitrogens with one attached hydrogen (secondary N) is 2. The third-order valence-corrected chi connectivity index (χ3v) is 6.16. The maximum absolute atomic E-state index is 11.7. The van der Waals surface area contributed by atoms with E-state index < -0.39 is 43.6 Å². The Kier molecular flexibility index (Phi) is 8.50. The minimum Gasteiger partial charge on any atom is -0.388 e. The Morgan fingerprint density at radius 1 is 1.14 bits per heavy atom. The fourth-order valence-corrected chi connectivity index (χ4v) is 4.38. The molecule has 10 nitrogen and oxygen atoms in total. The van der Waals surface area contributed by atoms with E-state index in [1.165, 1.54) is 0 Å². The molecule has 0 spiro atoms.